The van der Waals surface area contributed by atoms with E-state index in [4.69, 9.17) is 22.1 Å². The van der Waals surface area contributed by atoms with Gasteiger partial charge in [0.25, 0.3) is 5.56 Å². The fourth-order valence-corrected chi connectivity index (χ4v) is 1.82. The summed E-state index contributed by atoms with van der Waals surface area (Å²) in [5, 5.41) is 6.62. The van der Waals surface area contributed by atoms with Gasteiger partial charge in [-0.15, -0.1) is 5.10 Å². The molecule has 0 aliphatic carbocycles. The first-order valence-electron chi connectivity index (χ1n) is 5.80. The van der Waals surface area contributed by atoms with Gasteiger partial charge in [-0.1, -0.05) is 25.4 Å². The van der Waals surface area contributed by atoms with Gasteiger partial charge in [-0.05, 0) is 24.1 Å². The van der Waals surface area contributed by atoms with Crippen LogP contribution in [0.15, 0.2) is 29.1 Å². The fourth-order valence-electron chi connectivity index (χ4n) is 1.59. The van der Waals surface area contributed by atoms with Crippen LogP contribution >= 0.6 is 11.6 Å². The zero-order chi connectivity index (χ0) is 14.0. The van der Waals surface area contributed by atoms with Crippen LogP contribution in [-0.4, -0.2) is 10.2 Å². The number of nitrogen functional groups attached to an aromatic ring is 1. The van der Waals surface area contributed by atoms with Crippen LogP contribution in [0.25, 0.3) is 0 Å². The number of ether oxygens (including phenoxy) is 1. The van der Waals surface area contributed by atoms with E-state index < -0.39 is 0 Å². The minimum absolute atomic E-state index is 0.0796. The molecule has 0 saturated heterocycles. The molecule has 0 saturated carbocycles. The first-order valence-corrected chi connectivity index (χ1v) is 6.17. The number of nitrogens with two attached hydrogens (primary N) is 1. The van der Waals surface area contributed by atoms with E-state index in [0.29, 0.717) is 22.0 Å². The highest BCUT2D eigenvalue weighted by Crippen LogP contribution is 2.30. The molecule has 3 N–H and O–H groups in total. The molecule has 0 atom stereocenters. The highest BCUT2D eigenvalue weighted by molar-refractivity contribution is 6.32. The minimum Gasteiger partial charge on any atom is -0.436 e. The molecule has 0 amide bonds. The molecule has 1 heterocycles. The second kappa shape index (κ2) is 5.32. The number of aromatic nitrogens is 2. The summed E-state index contributed by atoms with van der Waals surface area (Å²) in [5.41, 5.74) is 6.54. The third-order valence-electron chi connectivity index (χ3n) is 2.60. The van der Waals surface area contributed by atoms with Crippen molar-refractivity contribution in [1.82, 2.24) is 10.2 Å². The van der Waals surface area contributed by atoms with Crippen LogP contribution < -0.4 is 16.0 Å². The van der Waals surface area contributed by atoms with Crippen molar-refractivity contribution in [2.45, 2.75) is 19.8 Å². The van der Waals surface area contributed by atoms with Crippen molar-refractivity contribution in [1.29, 1.82) is 0 Å². The summed E-state index contributed by atoms with van der Waals surface area (Å²) < 4.78 is 5.54. The number of anilines is 1. The minimum atomic E-state index is -0.217. The Hall–Kier alpha value is -2.01. The molecule has 1 aromatic heterocycles. The summed E-state index contributed by atoms with van der Waals surface area (Å²) in [5.74, 6) is 0.802. The van der Waals surface area contributed by atoms with E-state index in [1.54, 1.807) is 24.3 Å². The van der Waals surface area contributed by atoms with Gasteiger partial charge in [0.2, 0.25) is 5.88 Å². The van der Waals surface area contributed by atoms with Crippen molar-refractivity contribution >= 4 is 17.3 Å². The highest BCUT2D eigenvalue weighted by Gasteiger charge is 2.10. The normalized spacial score (nSPS) is 10.7. The van der Waals surface area contributed by atoms with E-state index in [2.05, 4.69) is 10.2 Å². The molecule has 6 heteroatoms. The number of hydrogen-bond acceptors (Lipinski definition) is 4. The predicted octanol–water partition coefficient (Wildman–Crippen LogP) is 2.92. The van der Waals surface area contributed by atoms with Gasteiger partial charge >= 0.3 is 0 Å². The third-order valence-corrected chi connectivity index (χ3v) is 2.90. The Kier molecular flexibility index (Phi) is 3.76. The van der Waals surface area contributed by atoms with Crippen molar-refractivity contribution in [2.24, 2.45) is 0 Å². The Morgan fingerprint density at radius 3 is 2.74 bits per heavy atom. The first-order chi connectivity index (χ1) is 8.97. The molecule has 0 bridgehead atoms. The molecule has 0 unspecified atom stereocenters. The molecule has 5 nitrogen and oxygen atoms in total. The standard InChI is InChI=1S/C13H14ClN3O2/c1-7(2)9-6-12(16-17-13(9)18)19-11-4-3-8(15)5-10(11)14/h3-7H,15H2,1-2H3,(H,17,18). The lowest BCUT2D eigenvalue weighted by atomic mass is 10.1. The summed E-state index contributed by atoms with van der Waals surface area (Å²) >= 11 is 6.01. The maximum absolute atomic E-state index is 11.6. The lowest BCUT2D eigenvalue weighted by Crippen LogP contribution is -2.15. The smallest absolute Gasteiger partial charge is 0.267 e. The molecule has 0 radical (unpaired) electrons. The van der Waals surface area contributed by atoms with Gasteiger partial charge in [0, 0.05) is 17.3 Å². The molecule has 0 aliphatic heterocycles. The maximum atomic E-state index is 11.6. The average Bonchev–Trinajstić information content (AvgIpc) is 2.34. The van der Waals surface area contributed by atoms with E-state index >= 15 is 0 Å². The van der Waals surface area contributed by atoms with Crippen molar-refractivity contribution in [2.75, 3.05) is 5.73 Å². The lowest BCUT2D eigenvalue weighted by molar-refractivity contribution is 0.452. The Morgan fingerprint density at radius 1 is 1.37 bits per heavy atom. The number of H-pyrrole nitrogens is 1. The van der Waals surface area contributed by atoms with Crippen LogP contribution in [-0.2, 0) is 0 Å². The van der Waals surface area contributed by atoms with Gasteiger partial charge < -0.3 is 10.5 Å². The van der Waals surface area contributed by atoms with Crippen LogP contribution in [0.1, 0.15) is 25.3 Å². The Morgan fingerprint density at radius 2 is 2.11 bits per heavy atom. The van der Waals surface area contributed by atoms with Gasteiger partial charge in [-0.3, -0.25) is 4.79 Å². The SMILES string of the molecule is CC(C)c1cc(Oc2ccc(N)cc2Cl)n[nH]c1=O. The molecule has 0 spiro atoms. The van der Waals surface area contributed by atoms with Crippen molar-refractivity contribution in [3.63, 3.8) is 0 Å². The first kappa shape index (κ1) is 13.4. The van der Waals surface area contributed by atoms with E-state index in [1.807, 2.05) is 13.8 Å². The van der Waals surface area contributed by atoms with E-state index in [1.165, 1.54) is 0 Å². The second-order valence-corrected chi connectivity index (χ2v) is 4.84. The number of nitrogens with one attached hydrogen (secondary N) is 1. The van der Waals surface area contributed by atoms with Crippen molar-refractivity contribution in [3.05, 3.63) is 45.2 Å². The molecule has 2 rings (SSSR count). The van der Waals surface area contributed by atoms with Crippen LogP contribution in [0.4, 0.5) is 5.69 Å². The predicted molar refractivity (Wildman–Crippen MR) is 74.9 cm³/mol. The number of hydrogen-bond donors (Lipinski definition) is 2. The number of nitrogens with zero attached hydrogens (tertiary/aromatic N) is 1. The number of halogens is 1. The number of aromatic amines is 1. The van der Waals surface area contributed by atoms with Gasteiger partial charge in [0.1, 0.15) is 5.75 Å². The number of benzene rings is 1. The Balaban J connectivity index is 2.33. The molecule has 2 aromatic rings. The fraction of sp³-hybridized carbons (Fsp3) is 0.231. The summed E-state index contributed by atoms with van der Waals surface area (Å²) in [6.07, 6.45) is 0. The molecule has 100 valence electrons. The summed E-state index contributed by atoms with van der Waals surface area (Å²) in [4.78, 5) is 11.6. The third kappa shape index (κ3) is 3.06. The molecule has 0 aliphatic rings. The number of rotatable bonds is 3. The molecular formula is C13H14ClN3O2. The van der Waals surface area contributed by atoms with Crippen LogP contribution in [0.3, 0.4) is 0 Å². The second-order valence-electron chi connectivity index (χ2n) is 4.44. The molecular weight excluding hydrogens is 266 g/mol. The molecule has 1 aromatic carbocycles. The average molecular weight is 280 g/mol. The van der Waals surface area contributed by atoms with Gasteiger partial charge in [0.05, 0.1) is 5.02 Å². The zero-order valence-corrected chi connectivity index (χ0v) is 11.4. The van der Waals surface area contributed by atoms with Crippen molar-refractivity contribution < 1.29 is 4.74 Å². The van der Waals surface area contributed by atoms with Crippen molar-refractivity contribution in [3.8, 4) is 11.6 Å². The highest BCUT2D eigenvalue weighted by atomic mass is 35.5. The lowest BCUT2D eigenvalue weighted by Gasteiger charge is -2.09. The monoisotopic (exact) mass is 279 g/mol. The summed E-state index contributed by atoms with van der Waals surface area (Å²) in [7, 11) is 0. The van der Waals surface area contributed by atoms with Crippen LogP contribution in [0.2, 0.25) is 5.02 Å². The van der Waals surface area contributed by atoms with E-state index in [0.717, 1.165) is 0 Å². The van der Waals surface area contributed by atoms with Crippen LogP contribution in [0, 0.1) is 0 Å². The maximum Gasteiger partial charge on any atom is 0.267 e. The Labute approximate surface area is 115 Å². The Bertz CT molecular complexity index is 653. The topological polar surface area (TPSA) is 81.0 Å². The summed E-state index contributed by atoms with van der Waals surface area (Å²) in [6, 6.07) is 6.53. The molecule has 0 fully saturated rings. The van der Waals surface area contributed by atoms with E-state index in [9.17, 15) is 4.79 Å². The van der Waals surface area contributed by atoms with E-state index in [-0.39, 0.29) is 17.4 Å². The largest absolute Gasteiger partial charge is 0.436 e. The van der Waals surface area contributed by atoms with Gasteiger partial charge in [-0.2, -0.15) is 0 Å². The molecule has 19 heavy (non-hydrogen) atoms. The van der Waals surface area contributed by atoms with Gasteiger partial charge in [-0.25, -0.2) is 5.10 Å². The van der Waals surface area contributed by atoms with Crippen LogP contribution in [0.5, 0.6) is 11.6 Å². The summed E-state index contributed by atoms with van der Waals surface area (Å²) in [6.45, 7) is 3.84. The quantitative estimate of drug-likeness (QED) is 0.847. The zero-order valence-electron chi connectivity index (χ0n) is 10.6. The van der Waals surface area contributed by atoms with Gasteiger partial charge in [0.15, 0.2) is 0 Å².